The second-order valence-corrected chi connectivity index (χ2v) is 6.94. The number of hydrogen-bond acceptors (Lipinski definition) is 6. The molecule has 1 aliphatic heterocycles. The number of nitrogens with one attached hydrogen (secondary N) is 3. The lowest BCUT2D eigenvalue weighted by molar-refractivity contribution is -0.120. The molecule has 10 heteroatoms. The standard InChI is InChI=1S/C18H16FN7O2/c19-14-6-9(3-4-20-14)12-7-15(22-11-1-2-11)26-16(23-12)10(8-21-26)5-13-17(27)25-18(28)24-13/h3-4,6-8,11,13,22H,1-2,5H2,(H2,24,25,27,28). The summed E-state index contributed by atoms with van der Waals surface area (Å²) in [7, 11) is 0. The summed E-state index contributed by atoms with van der Waals surface area (Å²) < 4.78 is 15.3. The summed E-state index contributed by atoms with van der Waals surface area (Å²) in [5.41, 5.74) is 2.41. The van der Waals surface area contributed by atoms with Gasteiger partial charge in [-0.15, -0.1) is 0 Å². The highest BCUT2D eigenvalue weighted by atomic mass is 19.1. The normalized spacial score (nSPS) is 19.0. The molecule has 9 nitrogen and oxygen atoms in total. The molecule has 1 saturated carbocycles. The molecule has 1 saturated heterocycles. The Morgan fingerprint density at radius 2 is 2.14 bits per heavy atom. The number of rotatable bonds is 5. The molecule has 3 N–H and O–H groups in total. The van der Waals surface area contributed by atoms with Crippen LogP contribution in [0.3, 0.4) is 0 Å². The third-order valence-electron chi connectivity index (χ3n) is 4.78. The summed E-state index contributed by atoms with van der Waals surface area (Å²) in [6.07, 6.45) is 5.43. The molecule has 4 heterocycles. The number of halogens is 1. The van der Waals surface area contributed by atoms with Crippen LogP contribution in [0.2, 0.25) is 0 Å². The Bertz CT molecular complexity index is 1110. The van der Waals surface area contributed by atoms with Gasteiger partial charge in [0.15, 0.2) is 5.65 Å². The van der Waals surface area contributed by atoms with Gasteiger partial charge in [-0.1, -0.05) is 0 Å². The number of fused-ring (bicyclic) bond motifs is 1. The first kappa shape index (κ1) is 16.6. The van der Waals surface area contributed by atoms with Crippen LogP contribution in [0.4, 0.5) is 15.0 Å². The average Bonchev–Trinajstić information content (AvgIpc) is 3.30. The van der Waals surface area contributed by atoms with E-state index in [1.165, 1.54) is 12.3 Å². The van der Waals surface area contributed by atoms with Crippen molar-refractivity contribution < 1.29 is 14.0 Å². The Hall–Kier alpha value is -3.56. The average molecular weight is 381 g/mol. The molecule has 28 heavy (non-hydrogen) atoms. The lowest BCUT2D eigenvalue weighted by Crippen LogP contribution is -2.31. The third kappa shape index (κ3) is 3.02. The van der Waals surface area contributed by atoms with E-state index in [4.69, 9.17) is 0 Å². The van der Waals surface area contributed by atoms with Gasteiger partial charge in [0, 0.05) is 41.9 Å². The predicted octanol–water partition coefficient (Wildman–Crippen LogP) is 1.26. The van der Waals surface area contributed by atoms with Gasteiger partial charge >= 0.3 is 6.03 Å². The molecule has 1 aliphatic carbocycles. The highest BCUT2D eigenvalue weighted by molar-refractivity contribution is 6.04. The lowest BCUT2D eigenvalue weighted by Gasteiger charge is -2.11. The van der Waals surface area contributed by atoms with Crippen molar-refractivity contribution in [3.05, 3.63) is 42.1 Å². The van der Waals surface area contributed by atoms with Crippen molar-refractivity contribution in [2.75, 3.05) is 5.32 Å². The summed E-state index contributed by atoms with van der Waals surface area (Å²) in [5, 5.41) is 12.6. The summed E-state index contributed by atoms with van der Waals surface area (Å²) in [5.74, 6) is -0.228. The number of aromatic nitrogens is 4. The molecule has 3 aromatic heterocycles. The van der Waals surface area contributed by atoms with Crippen LogP contribution < -0.4 is 16.0 Å². The highest BCUT2D eigenvalue weighted by Crippen LogP contribution is 2.29. The number of urea groups is 1. The number of imide groups is 1. The third-order valence-corrected chi connectivity index (χ3v) is 4.78. The summed E-state index contributed by atoms with van der Waals surface area (Å²) in [6.45, 7) is 0. The molecule has 1 atom stereocenters. The topological polar surface area (TPSA) is 113 Å². The van der Waals surface area contributed by atoms with Crippen LogP contribution >= 0.6 is 0 Å². The van der Waals surface area contributed by atoms with Crippen LogP contribution in [0.15, 0.2) is 30.6 Å². The molecule has 0 radical (unpaired) electrons. The van der Waals surface area contributed by atoms with E-state index in [0.717, 1.165) is 18.7 Å². The second-order valence-electron chi connectivity index (χ2n) is 6.94. The van der Waals surface area contributed by atoms with Gasteiger partial charge in [-0.2, -0.15) is 14.0 Å². The van der Waals surface area contributed by atoms with Gasteiger partial charge in [-0.3, -0.25) is 10.1 Å². The van der Waals surface area contributed by atoms with E-state index in [9.17, 15) is 14.0 Å². The van der Waals surface area contributed by atoms with Crippen LogP contribution in [-0.2, 0) is 11.2 Å². The van der Waals surface area contributed by atoms with Crippen molar-refractivity contribution in [1.29, 1.82) is 0 Å². The molecule has 0 bridgehead atoms. The number of carbonyl (C=O) groups excluding carboxylic acids is 2. The molecular formula is C18H16FN7O2. The van der Waals surface area contributed by atoms with Gasteiger partial charge in [0.25, 0.3) is 5.91 Å². The number of carbonyl (C=O) groups is 2. The Morgan fingerprint density at radius 1 is 1.29 bits per heavy atom. The SMILES string of the molecule is O=C1NC(=O)C(Cc2cnn3c(NC4CC4)cc(-c4ccnc(F)c4)nc23)N1. The monoisotopic (exact) mass is 381 g/mol. The van der Waals surface area contributed by atoms with E-state index < -0.39 is 18.0 Å². The second kappa shape index (κ2) is 6.25. The number of hydrogen-bond donors (Lipinski definition) is 3. The van der Waals surface area contributed by atoms with Gasteiger partial charge in [-0.05, 0) is 18.9 Å². The van der Waals surface area contributed by atoms with Crippen LogP contribution in [0.25, 0.3) is 16.9 Å². The summed E-state index contributed by atoms with van der Waals surface area (Å²) in [4.78, 5) is 31.5. The largest absolute Gasteiger partial charge is 0.367 e. The minimum absolute atomic E-state index is 0.255. The van der Waals surface area contributed by atoms with E-state index in [1.807, 2.05) is 6.07 Å². The van der Waals surface area contributed by atoms with Crippen molar-refractivity contribution in [3.8, 4) is 11.3 Å². The van der Waals surface area contributed by atoms with Gasteiger partial charge in [0.2, 0.25) is 5.95 Å². The Labute approximate surface area is 158 Å². The molecule has 3 amide bonds. The maximum atomic E-state index is 13.6. The fraction of sp³-hybridized carbons (Fsp3) is 0.278. The van der Waals surface area contributed by atoms with E-state index in [-0.39, 0.29) is 12.3 Å². The predicted molar refractivity (Wildman–Crippen MR) is 97.0 cm³/mol. The van der Waals surface area contributed by atoms with Crippen LogP contribution in [0, 0.1) is 5.95 Å². The number of pyridine rings is 1. The number of nitrogens with zero attached hydrogens (tertiary/aromatic N) is 4. The molecule has 5 rings (SSSR count). The van der Waals surface area contributed by atoms with Crippen LogP contribution in [-0.4, -0.2) is 43.6 Å². The van der Waals surface area contributed by atoms with Gasteiger partial charge in [0.1, 0.15) is 11.9 Å². The zero-order chi connectivity index (χ0) is 19.3. The van der Waals surface area contributed by atoms with E-state index >= 15 is 0 Å². The highest BCUT2D eigenvalue weighted by Gasteiger charge is 2.31. The molecule has 1 unspecified atom stereocenters. The zero-order valence-corrected chi connectivity index (χ0v) is 14.6. The van der Waals surface area contributed by atoms with Crippen molar-refractivity contribution in [1.82, 2.24) is 30.2 Å². The molecule has 2 fully saturated rings. The molecule has 0 spiro atoms. The first-order chi connectivity index (χ1) is 13.6. The number of anilines is 1. The molecule has 0 aromatic carbocycles. The van der Waals surface area contributed by atoms with Crippen molar-refractivity contribution >= 4 is 23.4 Å². The fourth-order valence-corrected chi connectivity index (χ4v) is 3.22. The molecular weight excluding hydrogens is 365 g/mol. The first-order valence-corrected chi connectivity index (χ1v) is 8.94. The van der Waals surface area contributed by atoms with E-state index in [0.29, 0.717) is 28.5 Å². The minimum atomic E-state index is -0.677. The van der Waals surface area contributed by atoms with Gasteiger partial charge in [0.05, 0.1) is 11.9 Å². The summed E-state index contributed by atoms with van der Waals surface area (Å²) in [6, 6.07) is 4.01. The van der Waals surface area contributed by atoms with E-state index in [1.54, 1.807) is 16.8 Å². The lowest BCUT2D eigenvalue weighted by atomic mass is 10.1. The Morgan fingerprint density at radius 3 is 2.86 bits per heavy atom. The van der Waals surface area contributed by atoms with Gasteiger partial charge in [-0.25, -0.2) is 14.8 Å². The van der Waals surface area contributed by atoms with Crippen molar-refractivity contribution in [3.63, 3.8) is 0 Å². The quantitative estimate of drug-likeness (QED) is 0.453. The smallest absolute Gasteiger partial charge is 0.322 e. The van der Waals surface area contributed by atoms with Crippen LogP contribution in [0.5, 0.6) is 0 Å². The van der Waals surface area contributed by atoms with E-state index in [2.05, 4.69) is 31.0 Å². The van der Waals surface area contributed by atoms with Crippen LogP contribution in [0.1, 0.15) is 18.4 Å². The van der Waals surface area contributed by atoms with Gasteiger partial charge < -0.3 is 10.6 Å². The van der Waals surface area contributed by atoms with Crippen molar-refractivity contribution in [2.45, 2.75) is 31.3 Å². The van der Waals surface area contributed by atoms with Crippen molar-refractivity contribution in [2.24, 2.45) is 0 Å². The maximum Gasteiger partial charge on any atom is 0.322 e. The molecule has 142 valence electrons. The zero-order valence-electron chi connectivity index (χ0n) is 14.6. The molecule has 2 aliphatic rings. The Kier molecular flexibility index (Phi) is 3.71. The first-order valence-electron chi connectivity index (χ1n) is 8.94. The minimum Gasteiger partial charge on any atom is -0.367 e. The summed E-state index contributed by atoms with van der Waals surface area (Å²) >= 11 is 0. The fourth-order valence-electron chi connectivity index (χ4n) is 3.22. The number of amides is 3. The Balaban J connectivity index is 1.59. The molecule has 3 aromatic rings. The maximum absolute atomic E-state index is 13.6.